The topological polar surface area (TPSA) is 55.1 Å². The summed E-state index contributed by atoms with van der Waals surface area (Å²) in [4.78, 5) is 10.9. The highest BCUT2D eigenvalue weighted by atomic mass is 35.5. The molecule has 0 fully saturated rings. The van der Waals surface area contributed by atoms with E-state index in [1.165, 1.54) is 0 Å². The molecule has 1 aromatic carbocycles. The zero-order valence-corrected chi connectivity index (χ0v) is 10.5. The number of nitrogens with zero attached hydrogens (tertiary/aromatic N) is 2. The largest absolute Gasteiger partial charge is 0.478 e. The second-order valence-electron chi connectivity index (χ2n) is 3.82. The number of hydrogen-bond acceptors (Lipinski definition) is 2. The van der Waals surface area contributed by atoms with Crippen LogP contribution >= 0.6 is 11.6 Å². The summed E-state index contributed by atoms with van der Waals surface area (Å²) >= 11 is 5.54. The van der Waals surface area contributed by atoms with Crippen LogP contribution in [0.1, 0.15) is 16.1 Å². The van der Waals surface area contributed by atoms with Gasteiger partial charge in [0.25, 0.3) is 0 Å². The first-order valence-electron chi connectivity index (χ1n) is 5.17. The smallest absolute Gasteiger partial charge is 0.436 e. The summed E-state index contributed by atoms with van der Waals surface area (Å²) in [5.41, 5.74) is -3.70. The van der Waals surface area contributed by atoms with Gasteiger partial charge in [0.15, 0.2) is 11.5 Å². The van der Waals surface area contributed by atoms with Gasteiger partial charge in [-0.05, 0) is 12.1 Å². The fraction of sp³-hybridized carbons (Fsp3) is 0.0909. The number of rotatable bonds is 2. The van der Waals surface area contributed by atoms with Crippen LogP contribution in [0, 0.1) is 11.6 Å². The maximum absolute atomic E-state index is 13.6. The van der Waals surface area contributed by atoms with E-state index in [1.54, 1.807) is 0 Å². The van der Waals surface area contributed by atoms with Crippen LogP contribution in [0.25, 0.3) is 5.69 Å². The molecular weight excluding hydrogens is 323 g/mol. The van der Waals surface area contributed by atoms with Crippen LogP contribution in [0.3, 0.4) is 0 Å². The van der Waals surface area contributed by atoms with Crippen LogP contribution in [0.4, 0.5) is 22.0 Å². The molecule has 1 aromatic heterocycles. The standard InChI is InChI=1S/C11H4ClF5N2O2/c12-9-7(10(20)21)8(11(15,16)17)18-19(9)6-2-1-4(13)3-5(6)14/h1-3H,(H,20,21). The third kappa shape index (κ3) is 2.68. The average Bonchev–Trinajstić information content (AvgIpc) is 2.67. The van der Waals surface area contributed by atoms with Gasteiger partial charge in [-0.2, -0.15) is 18.3 Å². The Bertz CT molecular complexity index is 726. The highest BCUT2D eigenvalue weighted by molar-refractivity contribution is 6.33. The summed E-state index contributed by atoms with van der Waals surface area (Å²) < 4.78 is 64.8. The lowest BCUT2D eigenvalue weighted by molar-refractivity contribution is -0.141. The van der Waals surface area contributed by atoms with E-state index in [2.05, 4.69) is 5.10 Å². The van der Waals surface area contributed by atoms with Gasteiger partial charge in [0.1, 0.15) is 22.2 Å². The molecule has 0 radical (unpaired) electrons. The summed E-state index contributed by atoms with van der Waals surface area (Å²) in [6.45, 7) is 0. The molecule has 1 N–H and O–H groups in total. The molecule has 0 aliphatic heterocycles. The number of alkyl halides is 3. The van der Waals surface area contributed by atoms with E-state index in [9.17, 15) is 26.7 Å². The van der Waals surface area contributed by atoms with Gasteiger partial charge in [-0.1, -0.05) is 11.6 Å². The van der Waals surface area contributed by atoms with Crippen molar-refractivity contribution in [2.45, 2.75) is 6.18 Å². The van der Waals surface area contributed by atoms with E-state index in [0.29, 0.717) is 6.07 Å². The predicted molar refractivity (Wildman–Crippen MR) is 60.5 cm³/mol. The lowest BCUT2D eigenvalue weighted by Gasteiger charge is -2.04. The van der Waals surface area contributed by atoms with E-state index < -0.39 is 45.9 Å². The number of hydrogen-bond donors (Lipinski definition) is 1. The van der Waals surface area contributed by atoms with E-state index in [4.69, 9.17) is 16.7 Å². The normalized spacial score (nSPS) is 11.7. The Morgan fingerprint density at radius 2 is 1.90 bits per heavy atom. The number of halogens is 6. The third-order valence-corrected chi connectivity index (χ3v) is 2.80. The predicted octanol–water partition coefficient (Wildman–Crippen LogP) is 3.52. The number of carboxylic acids is 1. The molecule has 10 heteroatoms. The molecule has 0 amide bonds. The first-order valence-corrected chi connectivity index (χ1v) is 5.55. The van der Waals surface area contributed by atoms with Crippen LogP contribution in [-0.4, -0.2) is 20.9 Å². The van der Waals surface area contributed by atoms with E-state index in [1.807, 2.05) is 0 Å². The molecule has 0 aliphatic carbocycles. The highest BCUT2D eigenvalue weighted by Crippen LogP contribution is 2.35. The van der Waals surface area contributed by atoms with Crippen molar-refractivity contribution in [2.75, 3.05) is 0 Å². The van der Waals surface area contributed by atoms with Crippen molar-refractivity contribution in [1.29, 1.82) is 0 Å². The maximum Gasteiger partial charge on any atom is 0.436 e. The van der Waals surface area contributed by atoms with Crippen molar-refractivity contribution >= 4 is 17.6 Å². The van der Waals surface area contributed by atoms with Crippen LogP contribution in [0.2, 0.25) is 5.15 Å². The molecule has 2 rings (SSSR count). The quantitative estimate of drug-likeness (QED) is 0.859. The fourth-order valence-corrected chi connectivity index (χ4v) is 1.90. The lowest BCUT2D eigenvalue weighted by atomic mass is 10.2. The SMILES string of the molecule is O=C(O)c1c(C(F)(F)F)nn(-c2ccc(F)cc2F)c1Cl. The molecule has 112 valence electrons. The van der Waals surface area contributed by atoms with Gasteiger partial charge >= 0.3 is 12.1 Å². The Morgan fingerprint density at radius 3 is 2.33 bits per heavy atom. The monoisotopic (exact) mass is 326 g/mol. The summed E-state index contributed by atoms with van der Waals surface area (Å²) in [6.07, 6.45) is -5.10. The number of carboxylic acid groups (broad SMARTS) is 1. The molecule has 0 bridgehead atoms. The first-order chi connectivity index (χ1) is 9.62. The van der Waals surface area contributed by atoms with Crippen LogP contribution in [0.15, 0.2) is 18.2 Å². The molecule has 1 heterocycles. The molecule has 0 aliphatic rings. The summed E-state index contributed by atoms with van der Waals surface area (Å²) in [7, 11) is 0. The van der Waals surface area contributed by atoms with Crippen molar-refractivity contribution in [1.82, 2.24) is 9.78 Å². The van der Waals surface area contributed by atoms with Crippen molar-refractivity contribution in [3.63, 3.8) is 0 Å². The molecule has 21 heavy (non-hydrogen) atoms. The van der Waals surface area contributed by atoms with Crippen LogP contribution in [0.5, 0.6) is 0 Å². The molecule has 0 saturated heterocycles. The lowest BCUT2D eigenvalue weighted by Crippen LogP contribution is -2.12. The minimum absolute atomic E-state index is 0.253. The number of aromatic nitrogens is 2. The summed E-state index contributed by atoms with van der Waals surface area (Å²) in [5, 5.41) is 10.8. The van der Waals surface area contributed by atoms with Crippen molar-refractivity contribution in [2.24, 2.45) is 0 Å². The van der Waals surface area contributed by atoms with Gasteiger partial charge < -0.3 is 5.11 Å². The zero-order valence-electron chi connectivity index (χ0n) is 9.75. The molecule has 0 saturated carbocycles. The second kappa shape index (κ2) is 4.99. The fourth-order valence-electron chi connectivity index (χ4n) is 1.60. The minimum atomic E-state index is -5.10. The van der Waals surface area contributed by atoms with Gasteiger partial charge in [-0.15, -0.1) is 0 Å². The number of aromatic carboxylic acids is 1. The molecule has 0 atom stereocenters. The third-order valence-electron chi connectivity index (χ3n) is 2.45. The van der Waals surface area contributed by atoms with Gasteiger partial charge in [0.05, 0.1) is 0 Å². The minimum Gasteiger partial charge on any atom is -0.478 e. The molecular formula is C11H4ClF5N2O2. The number of carbonyl (C=O) groups is 1. The van der Waals surface area contributed by atoms with E-state index >= 15 is 0 Å². The molecule has 0 spiro atoms. The average molecular weight is 327 g/mol. The van der Waals surface area contributed by atoms with Crippen LogP contribution in [-0.2, 0) is 6.18 Å². The molecule has 0 unspecified atom stereocenters. The Morgan fingerprint density at radius 1 is 1.29 bits per heavy atom. The Balaban J connectivity index is 2.74. The van der Waals surface area contributed by atoms with Crippen LogP contribution < -0.4 is 0 Å². The second-order valence-corrected chi connectivity index (χ2v) is 4.18. The van der Waals surface area contributed by atoms with E-state index in [-0.39, 0.29) is 4.68 Å². The molecule has 4 nitrogen and oxygen atoms in total. The van der Waals surface area contributed by atoms with Crippen molar-refractivity contribution in [3.05, 3.63) is 46.2 Å². The summed E-state index contributed by atoms with van der Waals surface area (Å²) in [6, 6.07) is 1.96. The van der Waals surface area contributed by atoms with Crippen molar-refractivity contribution < 1.29 is 31.9 Å². The maximum atomic E-state index is 13.6. The van der Waals surface area contributed by atoms with Gasteiger partial charge in [0.2, 0.25) is 0 Å². The first kappa shape index (κ1) is 15.2. The number of benzene rings is 1. The zero-order chi connectivity index (χ0) is 15.9. The van der Waals surface area contributed by atoms with Gasteiger partial charge in [-0.25, -0.2) is 18.3 Å². The summed E-state index contributed by atoms with van der Waals surface area (Å²) in [5.74, 6) is -4.18. The van der Waals surface area contributed by atoms with Gasteiger partial charge in [-0.3, -0.25) is 0 Å². The van der Waals surface area contributed by atoms with Gasteiger partial charge in [0, 0.05) is 6.07 Å². The Labute approximate surface area is 118 Å². The molecule has 2 aromatic rings. The van der Waals surface area contributed by atoms with E-state index in [0.717, 1.165) is 12.1 Å². The Hall–Kier alpha value is -2.16. The highest BCUT2D eigenvalue weighted by Gasteiger charge is 2.42. The Kier molecular flexibility index (Phi) is 3.62. The van der Waals surface area contributed by atoms with Crippen molar-refractivity contribution in [3.8, 4) is 5.69 Å².